The van der Waals surface area contributed by atoms with Crippen LogP contribution in [0.3, 0.4) is 0 Å². The van der Waals surface area contributed by atoms with Crippen molar-refractivity contribution in [3.8, 4) is 39.1 Å². The molecular weight excluding hydrogens is 816 g/mol. The molecule has 0 spiro atoms. The molecule has 0 saturated carbocycles. The summed E-state index contributed by atoms with van der Waals surface area (Å²) in [5.41, 5.74) is 25.0. The number of anilines is 2. The Morgan fingerprint density at radius 2 is 1.20 bits per heavy atom. The molecule has 0 saturated heterocycles. The normalized spacial score (nSPS) is 15.2. The second kappa shape index (κ2) is 13.2. The predicted octanol–water partition coefficient (Wildman–Crippen LogP) is 15.5. The van der Waals surface area contributed by atoms with E-state index in [1.54, 1.807) is 0 Å². The molecule has 3 heterocycles. The van der Waals surface area contributed by atoms with Gasteiger partial charge in [0.05, 0.1) is 5.52 Å². The Labute approximate surface area is 393 Å². The van der Waals surface area contributed by atoms with Crippen LogP contribution in [0.15, 0.2) is 140 Å². The van der Waals surface area contributed by atoms with Crippen molar-refractivity contribution in [1.29, 1.82) is 0 Å². The van der Waals surface area contributed by atoms with Crippen molar-refractivity contribution in [3.63, 3.8) is 0 Å². The van der Waals surface area contributed by atoms with Gasteiger partial charge in [-0.1, -0.05) is 166 Å². The smallest absolute Gasteiger partial charge is 0.198 e. The van der Waals surface area contributed by atoms with Crippen molar-refractivity contribution >= 4 is 82.9 Å². The lowest BCUT2D eigenvalue weighted by molar-refractivity contribution is 0.590. The second-order valence-electron chi connectivity index (χ2n) is 22.6. The maximum absolute atomic E-state index is 4.12. The molecule has 10 aromatic rings. The van der Waals surface area contributed by atoms with Crippen LogP contribution >= 0.6 is 11.3 Å². The summed E-state index contributed by atoms with van der Waals surface area (Å²) < 4.78 is 5.36. The largest absolute Gasteiger partial charge is 0.355 e. The SMILES string of the molecule is CC(C)(C)c1ccc(Nc2cc3c(cc2-c2c4c(c5c6cc(C(C)(C)C)ccc6n6c5c2Bc2cc5c(cc2-6)sc2ccccc25)-c2ccccc2C4(C)C)-c2ccccc2C3(C)C)cc1. The summed E-state index contributed by atoms with van der Waals surface area (Å²) in [5, 5.41) is 9.56. The molecule has 2 aliphatic carbocycles. The minimum atomic E-state index is -0.280. The van der Waals surface area contributed by atoms with E-state index in [9.17, 15) is 0 Å². The molecule has 66 heavy (non-hydrogen) atoms. The number of nitrogens with zero attached hydrogens (tertiary/aromatic N) is 1. The summed E-state index contributed by atoms with van der Waals surface area (Å²) in [5.74, 6) is 0. The summed E-state index contributed by atoms with van der Waals surface area (Å²) in [6.45, 7) is 23.7. The maximum atomic E-state index is 4.12. The van der Waals surface area contributed by atoms with E-state index in [2.05, 4.69) is 219 Å². The molecule has 0 atom stereocenters. The van der Waals surface area contributed by atoms with Gasteiger partial charge in [0.15, 0.2) is 7.28 Å². The highest BCUT2D eigenvalue weighted by Gasteiger charge is 2.44. The van der Waals surface area contributed by atoms with Crippen molar-refractivity contribution in [3.05, 3.63) is 173 Å². The van der Waals surface area contributed by atoms with Gasteiger partial charge in [-0.3, -0.25) is 0 Å². The fourth-order valence-corrected chi connectivity index (χ4v) is 13.5. The van der Waals surface area contributed by atoms with E-state index in [1.165, 1.54) is 125 Å². The number of fused-ring (bicyclic) bond motifs is 15. The van der Waals surface area contributed by atoms with Crippen LogP contribution in [0.2, 0.25) is 0 Å². The highest BCUT2D eigenvalue weighted by Crippen LogP contribution is 2.59. The molecule has 2 nitrogen and oxygen atoms in total. The first-order valence-corrected chi connectivity index (χ1v) is 24.7. The zero-order chi connectivity index (χ0) is 45.4. The van der Waals surface area contributed by atoms with Crippen LogP contribution in [0.5, 0.6) is 0 Å². The number of nitrogens with one attached hydrogen (secondary N) is 1. The predicted molar refractivity (Wildman–Crippen MR) is 288 cm³/mol. The summed E-state index contributed by atoms with van der Waals surface area (Å²) in [7, 11) is 0.836. The van der Waals surface area contributed by atoms with Gasteiger partial charge in [-0.25, -0.2) is 0 Å². The third-order valence-electron chi connectivity index (χ3n) is 15.9. The summed E-state index contributed by atoms with van der Waals surface area (Å²) in [4.78, 5) is 0. The van der Waals surface area contributed by atoms with E-state index < -0.39 is 0 Å². The number of hydrogen-bond acceptors (Lipinski definition) is 2. The number of rotatable bonds is 3. The molecule has 0 bridgehead atoms. The molecule has 4 heteroatoms. The number of hydrogen-bond donors (Lipinski definition) is 1. The third kappa shape index (κ3) is 5.37. The van der Waals surface area contributed by atoms with Gasteiger partial charge in [0, 0.05) is 64.5 Å². The molecule has 3 aliphatic rings. The minimum absolute atomic E-state index is 0.00675. The van der Waals surface area contributed by atoms with E-state index in [0.29, 0.717) is 0 Å². The Bertz CT molecular complexity index is 3770. The topological polar surface area (TPSA) is 17.0 Å². The van der Waals surface area contributed by atoms with Crippen LogP contribution in [-0.2, 0) is 21.7 Å². The van der Waals surface area contributed by atoms with Crippen molar-refractivity contribution in [2.75, 3.05) is 5.32 Å². The van der Waals surface area contributed by atoms with Gasteiger partial charge in [0.2, 0.25) is 0 Å². The Morgan fingerprint density at radius 1 is 0.530 bits per heavy atom. The fourth-order valence-electron chi connectivity index (χ4n) is 12.4. The summed E-state index contributed by atoms with van der Waals surface area (Å²) >= 11 is 1.92. The highest BCUT2D eigenvalue weighted by molar-refractivity contribution is 7.25. The Morgan fingerprint density at radius 3 is 1.94 bits per heavy atom. The van der Waals surface area contributed by atoms with Crippen molar-refractivity contribution in [1.82, 2.24) is 4.57 Å². The molecule has 13 rings (SSSR count). The molecule has 0 unspecified atom stereocenters. The van der Waals surface area contributed by atoms with E-state index in [4.69, 9.17) is 0 Å². The van der Waals surface area contributed by atoms with Crippen molar-refractivity contribution in [2.24, 2.45) is 0 Å². The number of benzene rings is 8. The Kier molecular flexibility index (Phi) is 7.97. The summed E-state index contributed by atoms with van der Waals surface area (Å²) in [6, 6.07) is 54.1. The number of aromatic nitrogens is 1. The lowest BCUT2D eigenvalue weighted by Gasteiger charge is -2.31. The minimum Gasteiger partial charge on any atom is -0.355 e. The van der Waals surface area contributed by atoms with Gasteiger partial charge in [0.25, 0.3) is 0 Å². The summed E-state index contributed by atoms with van der Waals surface area (Å²) in [6.07, 6.45) is 0. The Hall–Kier alpha value is -6.36. The van der Waals surface area contributed by atoms with Crippen LogP contribution in [0.25, 0.3) is 81.0 Å². The molecule has 1 aliphatic heterocycles. The first kappa shape index (κ1) is 40.0. The maximum Gasteiger partial charge on any atom is 0.198 e. The van der Waals surface area contributed by atoms with Gasteiger partial charge in [-0.15, -0.1) is 11.3 Å². The first-order chi connectivity index (χ1) is 31.5. The van der Waals surface area contributed by atoms with E-state index in [-0.39, 0.29) is 21.7 Å². The van der Waals surface area contributed by atoms with Gasteiger partial charge in [0.1, 0.15) is 0 Å². The van der Waals surface area contributed by atoms with Crippen LogP contribution in [0.1, 0.15) is 103 Å². The van der Waals surface area contributed by atoms with Crippen LogP contribution in [-0.4, -0.2) is 11.8 Å². The van der Waals surface area contributed by atoms with Gasteiger partial charge < -0.3 is 9.88 Å². The lowest BCUT2D eigenvalue weighted by Crippen LogP contribution is -2.38. The van der Waals surface area contributed by atoms with Crippen LogP contribution < -0.4 is 16.2 Å². The van der Waals surface area contributed by atoms with Crippen molar-refractivity contribution in [2.45, 2.75) is 90.9 Å². The average molecular weight is 871 g/mol. The van der Waals surface area contributed by atoms with E-state index >= 15 is 0 Å². The zero-order valence-corrected chi connectivity index (χ0v) is 40.7. The quantitative estimate of drug-likeness (QED) is 0.175. The zero-order valence-electron chi connectivity index (χ0n) is 39.8. The van der Waals surface area contributed by atoms with E-state index in [0.717, 1.165) is 18.7 Å². The highest BCUT2D eigenvalue weighted by atomic mass is 32.1. The molecule has 0 amide bonds. The van der Waals surface area contributed by atoms with E-state index in [1.807, 2.05) is 11.3 Å². The first-order valence-electron chi connectivity index (χ1n) is 23.9. The van der Waals surface area contributed by atoms with Gasteiger partial charge >= 0.3 is 0 Å². The molecule has 0 fully saturated rings. The second-order valence-corrected chi connectivity index (χ2v) is 23.7. The molecular formula is C62H55BN2S. The lowest BCUT2D eigenvalue weighted by atomic mass is 9.57. The fraction of sp³-hybridized carbons (Fsp3) is 0.226. The monoisotopic (exact) mass is 870 g/mol. The Balaban J connectivity index is 1.21. The average Bonchev–Trinajstić information content (AvgIpc) is 3.96. The number of thiophene rings is 1. The standard InChI is InChI=1S/C62H55BN2S/c1-59(2,3)34-23-26-36(27-24-34)64-48-32-46-40(37-17-11-14-20-44(37)61(46,7)8)30-42(48)55-56-53(39-19-12-15-21-45(39)62(56,9)10)54-43-29-35(60(4,5)6)25-28-49(43)65-50-33-52-41(31-47(50)63-57(55)58(54)65)38-18-13-16-22-51(38)66-52/h11-33,63-64H,1-10H3. The molecule has 8 aromatic carbocycles. The van der Waals surface area contributed by atoms with Crippen LogP contribution in [0, 0.1) is 0 Å². The van der Waals surface area contributed by atoms with Crippen molar-refractivity contribution < 1.29 is 0 Å². The molecule has 0 radical (unpaired) electrons. The third-order valence-corrected chi connectivity index (χ3v) is 17.0. The van der Waals surface area contributed by atoms with Gasteiger partial charge in [-0.05, 0) is 131 Å². The molecule has 1 N–H and O–H groups in total. The molecule has 2 aromatic heterocycles. The molecule has 322 valence electrons. The van der Waals surface area contributed by atoms with Crippen LogP contribution in [0.4, 0.5) is 11.4 Å². The van der Waals surface area contributed by atoms with Gasteiger partial charge in [-0.2, -0.15) is 0 Å².